The molecule has 0 saturated heterocycles. The average molecular weight is 353 g/mol. The van der Waals surface area contributed by atoms with Crippen LogP contribution in [0.2, 0.25) is 0 Å². The molecule has 138 valence electrons. The Balaban J connectivity index is 1.84. The second kappa shape index (κ2) is 10.2. The van der Waals surface area contributed by atoms with Gasteiger partial charge in [0.05, 0.1) is 12.2 Å². The molecule has 0 radical (unpaired) electrons. The predicted molar refractivity (Wildman–Crippen MR) is 105 cm³/mol. The van der Waals surface area contributed by atoms with Crippen LogP contribution in [0.4, 0.5) is 5.82 Å². The van der Waals surface area contributed by atoms with E-state index in [0.717, 1.165) is 36.3 Å². The van der Waals surface area contributed by atoms with Crippen molar-refractivity contribution in [2.45, 2.75) is 39.7 Å². The standard InChI is InChI=1S/C21H27N3O2/c1-3-4-5-6-7-13-26-18-10-8-9-17(14-18)15-23-21(25)19-12-11-16(2)24-20(19)22/h4-5,8-12,14H,3,6-7,13,15H2,1-2H3,(H2,22,24)(H,23,25). The van der Waals surface area contributed by atoms with Crippen LogP contribution >= 0.6 is 0 Å². The molecule has 0 aliphatic carbocycles. The van der Waals surface area contributed by atoms with Crippen molar-refractivity contribution in [2.24, 2.45) is 0 Å². The number of allylic oxidation sites excluding steroid dienone is 2. The van der Waals surface area contributed by atoms with E-state index in [4.69, 9.17) is 10.5 Å². The summed E-state index contributed by atoms with van der Waals surface area (Å²) in [5.41, 5.74) is 7.97. The summed E-state index contributed by atoms with van der Waals surface area (Å²) in [5, 5.41) is 2.87. The lowest BCUT2D eigenvalue weighted by Crippen LogP contribution is -2.24. The Kier molecular flexibility index (Phi) is 7.68. The number of nitrogens with two attached hydrogens (primary N) is 1. The summed E-state index contributed by atoms with van der Waals surface area (Å²) in [6.45, 7) is 5.04. The van der Waals surface area contributed by atoms with Gasteiger partial charge >= 0.3 is 0 Å². The summed E-state index contributed by atoms with van der Waals surface area (Å²) >= 11 is 0. The quantitative estimate of drug-likeness (QED) is 0.527. The number of carbonyl (C=O) groups excluding carboxylic acids is 1. The first-order valence-electron chi connectivity index (χ1n) is 8.98. The monoisotopic (exact) mass is 353 g/mol. The van der Waals surface area contributed by atoms with E-state index in [2.05, 4.69) is 29.4 Å². The van der Waals surface area contributed by atoms with Gasteiger partial charge in [0, 0.05) is 12.2 Å². The van der Waals surface area contributed by atoms with E-state index in [0.29, 0.717) is 18.7 Å². The second-order valence-corrected chi connectivity index (χ2v) is 6.09. The van der Waals surface area contributed by atoms with Crippen molar-refractivity contribution in [3.8, 4) is 5.75 Å². The molecule has 0 atom stereocenters. The number of unbranched alkanes of at least 4 members (excludes halogenated alkanes) is 1. The molecule has 0 aliphatic heterocycles. The van der Waals surface area contributed by atoms with Crippen LogP contribution in [0.25, 0.3) is 0 Å². The topological polar surface area (TPSA) is 77.2 Å². The van der Waals surface area contributed by atoms with Crippen LogP contribution in [-0.2, 0) is 6.54 Å². The number of rotatable bonds is 9. The Labute approximate surface area is 155 Å². The van der Waals surface area contributed by atoms with Gasteiger partial charge in [0.15, 0.2) is 0 Å². The van der Waals surface area contributed by atoms with Gasteiger partial charge in [-0.1, -0.05) is 31.2 Å². The number of nitrogens with zero attached hydrogens (tertiary/aromatic N) is 1. The molecule has 0 unspecified atom stereocenters. The van der Waals surface area contributed by atoms with Gasteiger partial charge in [-0.05, 0) is 56.0 Å². The van der Waals surface area contributed by atoms with Gasteiger partial charge in [0.1, 0.15) is 11.6 Å². The summed E-state index contributed by atoms with van der Waals surface area (Å²) in [6.07, 6.45) is 7.42. The number of benzene rings is 1. The Bertz CT molecular complexity index is 757. The van der Waals surface area contributed by atoms with Gasteiger partial charge in [0.2, 0.25) is 0 Å². The van der Waals surface area contributed by atoms with Crippen molar-refractivity contribution in [1.29, 1.82) is 0 Å². The van der Waals surface area contributed by atoms with E-state index in [1.165, 1.54) is 0 Å². The molecular formula is C21H27N3O2. The van der Waals surface area contributed by atoms with Crippen LogP contribution in [0.3, 0.4) is 0 Å². The highest BCUT2D eigenvalue weighted by Crippen LogP contribution is 2.15. The molecule has 1 amide bonds. The van der Waals surface area contributed by atoms with Crippen molar-refractivity contribution >= 4 is 11.7 Å². The minimum absolute atomic E-state index is 0.232. The maximum atomic E-state index is 12.3. The van der Waals surface area contributed by atoms with E-state index in [9.17, 15) is 4.79 Å². The molecule has 26 heavy (non-hydrogen) atoms. The summed E-state index contributed by atoms with van der Waals surface area (Å²) in [5.74, 6) is 0.827. The fourth-order valence-corrected chi connectivity index (χ4v) is 2.47. The number of nitrogen functional groups attached to an aromatic ring is 1. The lowest BCUT2D eigenvalue weighted by Gasteiger charge is -2.10. The van der Waals surface area contributed by atoms with Gasteiger partial charge in [-0.15, -0.1) is 0 Å². The summed E-state index contributed by atoms with van der Waals surface area (Å²) < 4.78 is 5.77. The molecular weight excluding hydrogens is 326 g/mol. The molecule has 1 aromatic carbocycles. The highest BCUT2D eigenvalue weighted by molar-refractivity contribution is 5.98. The number of ether oxygens (including phenoxy) is 1. The normalized spacial score (nSPS) is 10.8. The number of anilines is 1. The summed E-state index contributed by atoms with van der Waals surface area (Å²) in [7, 11) is 0. The maximum Gasteiger partial charge on any atom is 0.255 e. The SMILES string of the molecule is CCC=CCCCOc1cccc(CNC(=O)c2ccc(C)nc2N)c1. The van der Waals surface area contributed by atoms with Gasteiger partial charge in [-0.25, -0.2) is 4.98 Å². The Morgan fingerprint density at radius 1 is 1.27 bits per heavy atom. The third-order valence-electron chi connectivity index (χ3n) is 3.85. The van der Waals surface area contributed by atoms with Crippen LogP contribution in [0.1, 0.15) is 47.8 Å². The Morgan fingerprint density at radius 3 is 2.88 bits per heavy atom. The summed E-state index contributed by atoms with van der Waals surface area (Å²) in [4.78, 5) is 16.4. The van der Waals surface area contributed by atoms with Crippen molar-refractivity contribution in [3.05, 3.63) is 65.4 Å². The largest absolute Gasteiger partial charge is 0.494 e. The van der Waals surface area contributed by atoms with Gasteiger partial charge in [-0.2, -0.15) is 0 Å². The molecule has 0 fully saturated rings. The second-order valence-electron chi connectivity index (χ2n) is 6.09. The van der Waals surface area contributed by atoms with E-state index >= 15 is 0 Å². The van der Waals surface area contributed by atoms with Crippen molar-refractivity contribution < 1.29 is 9.53 Å². The lowest BCUT2D eigenvalue weighted by molar-refractivity contribution is 0.0951. The molecule has 5 heteroatoms. The number of nitrogens with one attached hydrogen (secondary N) is 1. The van der Waals surface area contributed by atoms with Gasteiger partial charge < -0.3 is 15.8 Å². The van der Waals surface area contributed by atoms with E-state index in [-0.39, 0.29) is 11.7 Å². The number of carbonyl (C=O) groups is 1. The van der Waals surface area contributed by atoms with Crippen LogP contribution in [-0.4, -0.2) is 17.5 Å². The zero-order valence-electron chi connectivity index (χ0n) is 15.5. The van der Waals surface area contributed by atoms with Crippen LogP contribution in [0.15, 0.2) is 48.6 Å². The number of hydrogen-bond acceptors (Lipinski definition) is 4. The van der Waals surface area contributed by atoms with Crippen molar-refractivity contribution in [2.75, 3.05) is 12.3 Å². The number of pyridine rings is 1. The van der Waals surface area contributed by atoms with Gasteiger partial charge in [-0.3, -0.25) is 4.79 Å². The number of amides is 1. The zero-order chi connectivity index (χ0) is 18.8. The smallest absolute Gasteiger partial charge is 0.255 e. The fraction of sp³-hybridized carbons (Fsp3) is 0.333. The minimum atomic E-state index is -0.232. The predicted octanol–water partition coefficient (Wildman–Crippen LogP) is 4.03. The highest BCUT2D eigenvalue weighted by Gasteiger charge is 2.10. The molecule has 1 heterocycles. The molecule has 2 aromatic rings. The Morgan fingerprint density at radius 2 is 2.12 bits per heavy atom. The third-order valence-corrected chi connectivity index (χ3v) is 3.85. The first-order valence-corrected chi connectivity index (χ1v) is 8.98. The molecule has 5 nitrogen and oxygen atoms in total. The molecule has 2 rings (SSSR count). The zero-order valence-corrected chi connectivity index (χ0v) is 15.5. The van der Waals surface area contributed by atoms with Crippen molar-refractivity contribution in [1.82, 2.24) is 10.3 Å². The van der Waals surface area contributed by atoms with Crippen LogP contribution in [0, 0.1) is 6.92 Å². The number of aromatic nitrogens is 1. The molecule has 0 aliphatic rings. The number of aryl methyl sites for hydroxylation is 1. The van der Waals surface area contributed by atoms with Crippen LogP contribution < -0.4 is 15.8 Å². The molecule has 3 N–H and O–H groups in total. The molecule has 0 bridgehead atoms. The third kappa shape index (κ3) is 6.24. The van der Waals surface area contributed by atoms with E-state index in [1.54, 1.807) is 12.1 Å². The Hall–Kier alpha value is -2.82. The maximum absolute atomic E-state index is 12.3. The first-order chi connectivity index (χ1) is 12.6. The number of hydrogen-bond donors (Lipinski definition) is 2. The van der Waals surface area contributed by atoms with Crippen molar-refractivity contribution in [3.63, 3.8) is 0 Å². The fourth-order valence-electron chi connectivity index (χ4n) is 2.47. The van der Waals surface area contributed by atoms with Gasteiger partial charge in [0.25, 0.3) is 5.91 Å². The molecule has 1 aromatic heterocycles. The van der Waals surface area contributed by atoms with Crippen LogP contribution in [0.5, 0.6) is 5.75 Å². The van der Waals surface area contributed by atoms with E-state index < -0.39 is 0 Å². The summed E-state index contributed by atoms with van der Waals surface area (Å²) in [6, 6.07) is 11.2. The first kappa shape index (κ1) is 19.5. The molecule has 0 spiro atoms. The molecule has 0 saturated carbocycles. The minimum Gasteiger partial charge on any atom is -0.494 e. The lowest BCUT2D eigenvalue weighted by atomic mass is 10.2. The van der Waals surface area contributed by atoms with E-state index in [1.807, 2.05) is 31.2 Å². The average Bonchev–Trinajstić information content (AvgIpc) is 2.63. The highest BCUT2D eigenvalue weighted by atomic mass is 16.5.